The molecule has 1 aromatic heterocycles. The molecule has 0 saturated heterocycles. The molecule has 0 amide bonds. The van der Waals surface area contributed by atoms with Gasteiger partial charge in [0, 0.05) is 11.6 Å². The average molecular weight is 264 g/mol. The molecule has 1 aromatic carbocycles. The number of hydrogen-bond acceptors (Lipinski definition) is 3. The molecule has 0 aliphatic rings. The molecule has 0 fully saturated rings. The summed E-state index contributed by atoms with van der Waals surface area (Å²) in [4.78, 5) is 18.9. The first-order valence-corrected chi connectivity index (χ1v) is 5.97. The van der Waals surface area contributed by atoms with E-state index >= 15 is 0 Å². The monoisotopic (exact) mass is 263 g/mol. The van der Waals surface area contributed by atoms with Crippen LogP contribution in [0, 0.1) is 0 Å². The van der Waals surface area contributed by atoms with E-state index in [0.29, 0.717) is 34.8 Å². The molecule has 1 heterocycles. The number of aromatic amines is 1. The Balaban J connectivity index is 2.30. The van der Waals surface area contributed by atoms with Crippen molar-refractivity contribution in [2.45, 2.75) is 13.5 Å². The summed E-state index contributed by atoms with van der Waals surface area (Å²) in [6.07, 6.45) is 0. The fourth-order valence-electron chi connectivity index (χ4n) is 1.64. The van der Waals surface area contributed by atoms with Gasteiger partial charge in [-0.3, -0.25) is 4.79 Å². The smallest absolute Gasteiger partial charge is 0.258 e. The third-order valence-electron chi connectivity index (χ3n) is 2.44. The topological polar surface area (TPSA) is 57.8 Å². The van der Waals surface area contributed by atoms with E-state index < -0.39 is 0 Å². The van der Waals surface area contributed by atoms with Crippen molar-refractivity contribution in [2.24, 2.45) is 0 Å². The Kier molecular flexibility index (Phi) is 3.79. The zero-order chi connectivity index (χ0) is 13.1. The van der Waals surface area contributed by atoms with Gasteiger partial charge in [0.05, 0.1) is 17.4 Å². The number of nitrogens with zero attached hydrogens (tertiary/aromatic N) is 1. The summed E-state index contributed by atoms with van der Waals surface area (Å²) in [7, 11) is 0. The molecule has 0 spiro atoms. The number of rotatable bonds is 4. The van der Waals surface area contributed by atoms with Crippen LogP contribution in [0.3, 0.4) is 0 Å². The van der Waals surface area contributed by atoms with Gasteiger partial charge in [-0.25, -0.2) is 4.98 Å². The van der Waals surface area contributed by atoms with E-state index in [1.165, 1.54) is 0 Å². The fourth-order valence-corrected chi connectivity index (χ4v) is 1.81. The minimum atomic E-state index is -0.149. The van der Waals surface area contributed by atoms with Gasteiger partial charge < -0.3 is 10.3 Å². The second-order valence-electron chi connectivity index (χ2n) is 4.23. The third kappa shape index (κ3) is 2.97. The molecule has 4 nitrogen and oxygen atoms in total. The highest BCUT2D eigenvalue weighted by molar-refractivity contribution is 6.31. The number of halogens is 1. The molecular weight excluding hydrogens is 250 g/mol. The highest BCUT2D eigenvalue weighted by atomic mass is 35.5. The second kappa shape index (κ2) is 5.33. The molecule has 5 heteroatoms. The summed E-state index contributed by atoms with van der Waals surface area (Å²) >= 11 is 5.89. The third-order valence-corrected chi connectivity index (χ3v) is 2.67. The fraction of sp³-hybridized carbons (Fsp3) is 0.231. The standard InChI is InChI=1S/C13H14ClN3O/c1-8(2)6-15-7-12-16-11-5-9(14)3-4-10(11)13(18)17-12/h3-5,15H,1,6-7H2,2H3,(H,16,17,18). The summed E-state index contributed by atoms with van der Waals surface area (Å²) in [5.41, 5.74) is 1.49. The van der Waals surface area contributed by atoms with Gasteiger partial charge >= 0.3 is 0 Å². The normalized spacial score (nSPS) is 10.8. The first-order valence-electron chi connectivity index (χ1n) is 5.60. The van der Waals surface area contributed by atoms with Crippen LogP contribution in [0.2, 0.25) is 5.02 Å². The molecule has 0 radical (unpaired) electrons. The maximum absolute atomic E-state index is 11.8. The van der Waals surface area contributed by atoms with Crippen LogP contribution in [0.1, 0.15) is 12.7 Å². The number of H-pyrrole nitrogens is 1. The maximum atomic E-state index is 11.8. The Morgan fingerprint density at radius 1 is 1.56 bits per heavy atom. The lowest BCUT2D eigenvalue weighted by Gasteiger charge is -2.05. The van der Waals surface area contributed by atoms with Crippen molar-refractivity contribution in [3.63, 3.8) is 0 Å². The molecule has 2 N–H and O–H groups in total. The molecular formula is C13H14ClN3O. The van der Waals surface area contributed by atoms with Crippen molar-refractivity contribution in [3.05, 3.63) is 51.6 Å². The molecule has 2 aromatic rings. The van der Waals surface area contributed by atoms with Crippen LogP contribution in [0.25, 0.3) is 10.9 Å². The van der Waals surface area contributed by atoms with Gasteiger partial charge in [-0.15, -0.1) is 0 Å². The van der Waals surface area contributed by atoms with Crippen molar-refractivity contribution in [3.8, 4) is 0 Å². The first-order chi connectivity index (χ1) is 8.56. The Bertz CT molecular complexity index is 648. The van der Waals surface area contributed by atoms with Crippen LogP contribution < -0.4 is 10.9 Å². The predicted octanol–water partition coefficient (Wildman–Crippen LogP) is 2.24. The van der Waals surface area contributed by atoms with Crippen molar-refractivity contribution in [1.82, 2.24) is 15.3 Å². The van der Waals surface area contributed by atoms with E-state index in [2.05, 4.69) is 21.9 Å². The van der Waals surface area contributed by atoms with Crippen molar-refractivity contribution >= 4 is 22.5 Å². The molecule has 0 saturated carbocycles. The molecule has 18 heavy (non-hydrogen) atoms. The molecule has 2 rings (SSSR count). The van der Waals surface area contributed by atoms with Gasteiger partial charge in [0.2, 0.25) is 0 Å². The highest BCUT2D eigenvalue weighted by Crippen LogP contribution is 2.14. The van der Waals surface area contributed by atoms with Gasteiger partial charge in [0.25, 0.3) is 5.56 Å². The minimum Gasteiger partial charge on any atom is -0.309 e. The number of hydrogen-bond donors (Lipinski definition) is 2. The number of benzene rings is 1. The Hall–Kier alpha value is -1.65. The zero-order valence-electron chi connectivity index (χ0n) is 10.1. The SMILES string of the molecule is C=C(C)CNCc1nc2cc(Cl)ccc2c(=O)[nH]1. The van der Waals surface area contributed by atoms with Gasteiger partial charge in [0.1, 0.15) is 5.82 Å². The summed E-state index contributed by atoms with van der Waals surface area (Å²) in [6.45, 7) is 6.91. The van der Waals surface area contributed by atoms with Crippen molar-refractivity contribution < 1.29 is 0 Å². The van der Waals surface area contributed by atoms with E-state index in [0.717, 1.165) is 5.57 Å². The molecule has 0 aliphatic carbocycles. The summed E-state index contributed by atoms with van der Waals surface area (Å²) in [5.74, 6) is 0.594. The molecule has 94 valence electrons. The zero-order valence-corrected chi connectivity index (χ0v) is 10.8. The summed E-state index contributed by atoms with van der Waals surface area (Å²) < 4.78 is 0. The second-order valence-corrected chi connectivity index (χ2v) is 4.67. The Labute approximate surface area is 110 Å². The lowest BCUT2D eigenvalue weighted by atomic mass is 10.2. The summed E-state index contributed by atoms with van der Waals surface area (Å²) in [5, 5.41) is 4.26. The number of nitrogens with one attached hydrogen (secondary N) is 2. The van der Waals surface area contributed by atoms with Crippen LogP contribution >= 0.6 is 11.6 Å². The quantitative estimate of drug-likeness (QED) is 0.832. The Morgan fingerprint density at radius 2 is 2.33 bits per heavy atom. The lowest BCUT2D eigenvalue weighted by Crippen LogP contribution is -2.20. The van der Waals surface area contributed by atoms with E-state index in [9.17, 15) is 4.79 Å². The van der Waals surface area contributed by atoms with Crippen LogP contribution in [-0.4, -0.2) is 16.5 Å². The van der Waals surface area contributed by atoms with Crippen molar-refractivity contribution in [2.75, 3.05) is 6.54 Å². The van der Waals surface area contributed by atoms with E-state index in [1.807, 2.05) is 6.92 Å². The lowest BCUT2D eigenvalue weighted by molar-refractivity contribution is 0.703. The Morgan fingerprint density at radius 3 is 3.06 bits per heavy atom. The highest BCUT2D eigenvalue weighted by Gasteiger charge is 2.04. The van der Waals surface area contributed by atoms with E-state index in [4.69, 9.17) is 11.6 Å². The van der Waals surface area contributed by atoms with Gasteiger partial charge in [-0.2, -0.15) is 0 Å². The molecule has 0 aliphatic heterocycles. The largest absolute Gasteiger partial charge is 0.309 e. The van der Waals surface area contributed by atoms with Gasteiger partial charge in [-0.05, 0) is 25.1 Å². The van der Waals surface area contributed by atoms with E-state index in [1.54, 1.807) is 18.2 Å². The number of fused-ring (bicyclic) bond motifs is 1. The van der Waals surface area contributed by atoms with Gasteiger partial charge in [0.15, 0.2) is 0 Å². The van der Waals surface area contributed by atoms with Crippen LogP contribution in [0.4, 0.5) is 0 Å². The summed E-state index contributed by atoms with van der Waals surface area (Å²) in [6, 6.07) is 5.04. The van der Waals surface area contributed by atoms with Gasteiger partial charge in [-0.1, -0.05) is 23.8 Å². The molecule has 0 unspecified atom stereocenters. The average Bonchev–Trinajstić information content (AvgIpc) is 2.27. The van der Waals surface area contributed by atoms with E-state index in [-0.39, 0.29) is 5.56 Å². The predicted molar refractivity (Wildman–Crippen MR) is 73.9 cm³/mol. The molecule has 0 atom stereocenters. The molecule has 0 bridgehead atoms. The first kappa shape index (κ1) is 12.8. The van der Waals surface area contributed by atoms with Crippen LogP contribution in [0.5, 0.6) is 0 Å². The number of aromatic nitrogens is 2. The van der Waals surface area contributed by atoms with Crippen LogP contribution in [0.15, 0.2) is 35.1 Å². The minimum absolute atomic E-state index is 0.149. The maximum Gasteiger partial charge on any atom is 0.258 e. The van der Waals surface area contributed by atoms with Crippen LogP contribution in [-0.2, 0) is 6.54 Å². The van der Waals surface area contributed by atoms with Crippen molar-refractivity contribution in [1.29, 1.82) is 0 Å².